The van der Waals surface area contributed by atoms with Crippen LogP contribution in [0.2, 0.25) is 0 Å². The zero-order valence-corrected chi connectivity index (χ0v) is 31.9. The molecule has 284 valence electrons. The van der Waals surface area contributed by atoms with E-state index in [2.05, 4.69) is 24.5 Å². The fourth-order valence-electron chi connectivity index (χ4n) is 6.79. The maximum absolute atomic E-state index is 14.0. The van der Waals surface area contributed by atoms with Crippen LogP contribution in [0.3, 0.4) is 0 Å². The molecule has 13 nitrogen and oxygen atoms in total. The molecule has 0 bridgehead atoms. The number of rotatable bonds is 20. The van der Waals surface area contributed by atoms with Crippen molar-refractivity contribution in [2.75, 3.05) is 40.1 Å². The first-order chi connectivity index (χ1) is 23.5. The first-order valence-electron chi connectivity index (χ1n) is 17.7. The molecule has 0 saturated carbocycles. The van der Waals surface area contributed by atoms with Crippen LogP contribution in [0.5, 0.6) is 0 Å². The first-order valence-corrected chi connectivity index (χ1v) is 19.3. The minimum Gasteiger partial charge on any atom is -0.379 e. The Morgan fingerprint density at radius 3 is 2.34 bits per heavy atom. The number of nitrogens with one attached hydrogen (secondary N) is 2. The van der Waals surface area contributed by atoms with E-state index in [1.807, 2.05) is 44.2 Å². The van der Waals surface area contributed by atoms with Gasteiger partial charge in [0.1, 0.15) is 6.04 Å². The van der Waals surface area contributed by atoms with Crippen LogP contribution in [0.15, 0.2) is 36.0 Å². The van der Waals surface area contributed by atoms with E-state index in [1.165, 1.54) is 7.11 Å². The monoisotopic (exact) mass is 724 g/mol. The molecular formula is C36H60N4O9S. The van der Waals surface area contributed by atoms with Crippen LogP contribution in [0, 0.1) is 17.8 Å². The third-order valence-electron chi connectivity index (χ3n) is 9.72. The Morgan fingerprint density at radius 1 is 1.04 bits per heavy atom. The van der Waals surface area contributed by atoms with E-state index in [4.69, 9.17) is 14.0 Å². The van der Waals surface area contributed by atoms with Crippen molar-refractivity contribution in [1.29, 1.82) is 0 Å². The molecule has 4 amide bonds. The molecule has 1 heterocycles. The van der Waals surface area contributed by atoms with Crippen molar-refractivity contribution in [2.45, 2.75) is 110 Å². The average molecular weight is 725 g/mol. The van der Waals surface area contributed by atoms with E-state index in [0.717, 1.165) is 18.4 Å². The van der Waals surface area contributed by atoms with Gasteiger partial charge in [-0.2, -0.15) is 8.42 Å². The summed E-state index contributed by atoms with van der Waals surface area (Å²) in [5, 5.41) is 5.33. The molecule has 1 aliphatic heterocycles. The predicted octanol–water partition coefficient (Wildman–Crippen LogP) is 3.27. The molecule has 50 heavy (non-hydrogen) atoms. The van der Waals surface area contributed by atoms with Crippen LogP contribution in [0.1, 0.15) is 79.6 Å². The molecule has 2 aliphatic rings. The fraction of sp³-hybridized carbons (Fsp3) is 0.722. The zero-order valence-electron chi connectivity index (χ0n) is 31.1. The van der Waals surface area contributed by atoms with E-state index >= 15 is 0 Å². The molecule has 3 N–H and O–H groups in total. The van der Waals surface area contributed by atoms with Gasteiger partial charge in [0.05, 0.1) is 42.4 Å². The lowest BCUT2D eigenvalue weighted by molar-refractivity contribution is -0.146. The van der Waals surface area contributed by atoms with Crippen molar-refractivity contribution < 1.29 is 41.6 Å². The lowest BCUT2D eigenvalue weighted by atomic mass is 9.90. The number of carbonyl (C=O) groups is 4. The fourth-order valence-corrected chi connectivity index (χ4v) is 7.15. The van der Waals surface area contributed by atoms with Crippen LogP contribution >= 0.6 is 0 Å². The van der Waals surface area contributed by atoms with E-state index < -0.39 is 57.9 Å². The average Bonchev–Trinajstić information content (AvgIpc) is 3.39. The summed E-state index contributed by atoms with van der Waals surface area (Å²) < 4.78 is 43.3. The van der Waals surface area contributed by atoms with Crippen LogP contribution in [0.4, 0.5) is 0 Å². The number of allylic oxidation sites excluding steroid dienone is 5. The van der Waals surface area contributed by atoms with Gasteiger partial charge in [-0.3, -0.25) is 23.7 Å². The van der Waals surface area contributed by atoms with Gasteiger partial charge in [-0.25, -0.2) is 0 Å². The summed E-state index contributed by atoms with van der Waals surface area (Å²) in [5.41, 5.74) is 0.883. The van der Waals surface area contributed by atoms with Gasteiger partial charge in [0.2, 0.25) is 23.6 Å². The van der Waals surface area contributed by atoms with Crippen LogP contribution in [-0.4, -0.2) is 117 Å². The lowest BCUT2D eigenvalue weighted by Crippen LogP contribution is -2.54. The Morgan fingerprint density at radius 2 is 1.74 bits per heavy atom. The summed E-state index contributed by atoms with van der Waals surface area (Å²) in [6.07, 6.45) is 11.5. The second kappa shape index (κ2) is 20.7. The first kappa shape index (κ1) is 43.1. The van der Waals surface area contributed by atoms with Gasteiger partial charge in [-0.1, -0.05) is 77.0 Å². The number of carbonyl (C=O) groups excluding carboxylic acids is 4. The number of likely N-dealkylation sites (tertiary alicyclic amines) is 1. The molecule has 0 aromatic rings. The summed E-state index contributed by atoms with van der Waals surface area (Å²) in [7, 11) is 0.547. The highest BCUT2D eigenvalue weighted by atomic mass is 32.2. The minimum absolute atomic E-state index is 0.00631. The number of hydrogen-bond acceptors (Lipinski definition) is 8. The molecule has 1 saturated heterocycles. The van der Waals surface area contributed by atoms with E-state index in [1.54, 1.807) is 30.9 Å². The van der Waals surface area contributed by atoms with Gasteiger partial charge in [0.15, 0.2) is 0 Å². The van der Waals surface area contributed by atoms with Gasteiger partial charge in [0, 0.05) is 40.8 Å². The maximum atomic E-state index is 14.0. The standard InChI is InChI=1S/C36H60N4O9S/c1-9-25(4)33(39(6)31(41)21-24(2)3)30(48-7)23-32(42)40-19-14-17-29(40)34(49-8)26(5)35(43)38-28(22-27-15-12-10-11-13-16-27)36(44)37-18-20-50(45,46)47/h10-13,15,24-26,28-30,33-34H,9,14,16-23H2,1-8H3,(H,37,44)(H,38,43)(H,45,46,47). The summed E-state index contributed by atoms with van der Waals surface area (Å²) in [6, 6.07) is -1.74. The summed E-state index contributed by atoms with van der Waals surface area (Å²) in [6.45, 7) is 9.96. The Labute approximate surface area is 299 Å². The SMILES string of the molecule is CCC(C)C(C(CC(=O)N1CCCC1C(OC)C(C)C(=O)NC(CC1=CC=CC=CC1)C(=O)NCCS(=O)(=O)O)OC)N(C)C(=O)CC(C)C. The normalized spacial score (nSPS) is 19.9. The second-order valence-electron chi connectivity index (χ2n) is 13.9. The van der Waals surface area contributed by atoms with Gasteiger partial charge in [0.25, 0.3) is 10.1 Å². The maximum Gasteiger partial charge on any atom is 0.266 e. The molecule has 7 unspecified atom stereocenters. The zero-order chi connectivity index (χ0) is 37.6. The number of nitrogens with zero attached hydrogens (tertiary/aromatic N) is 2. The minimum atomic E-state index is -4.29. The summed E-state index contributed by atoms with van der Waals surface area (Å²) in [5.74, 6) is -2.33. The molecule has 1 fully saturated rings. The molecule has 0 aromatic carbocycles. The van der Waals surface area contributed by atoms with E-state index in [-0.39, 0.29) is 49.1 Å². The molecular weight excluding hydrogens is 664 g/mol. The number of amides is 4. The van der Waals surface area contributed by atoms with Crippen LogP contribution < -0.4 is 10.6 Å². The third-order valence-corrected chi connectivity index (χ3v) is 10.4. The van der Waals surface area contributed by atoms with Gasteiger partial charge in [-0.15, -0.1) is 0 Å². The number of hydrogen-bond donors (Lipinski definition) is 3. The summed E-state index contributed by atoms with van der Waals surface area (Å²) in [4.78, 5) is 57.5. The molecule has 7 atom stereocenters. The molecule has 0 aromatic heterocycles. The number of likely N-dealkylation sites (N-methyl/N-ethyl adjacent to an activating group) is 1. The van der Waals surface area contributed by atoms with E-state index in [9.17, 15) is 27.6 Å². The highest BCUT2D eigenvalue weighted by Gasteiger charge is 2.42. The van der Waals surface area contributed by atoms with E-state index in [0.29, 0.717) is 25.8 Å². The third kappa shape index (κ3) is 13.2. The molecule has 1 aliphatic carbocycles. The van der Waals surface area contributed by atoms with Crippen LogP contribution in [0.25, 0.3) is 0 Å². The highest BCUT2D eigenvalue weighted by Crippen LogP contribution is 2.29. The van der Waals surface area contributed by atoms with Crippen molar-refractivity contribution in [3.8, 4) is 0 Å². The van der Waals surface area contributed by atoms with Crippen molar-refractivity contribution in [3.05, 3.63) is 36.0 Å². The Balaban J connectivity index is 2.24. The second-order valence-corrected chi connectivity index (χ2v) is 15.5. The van der Waals surface area contributed by atoms with Crippen molar-refractivity contribution >= 4 is 33.7 Å². The summed E-state index contributed by atoms with van der Waals surface area (Å²) >= 11 is 0. The van der Waals surface area contributed by atoms with Crippen molar-refractivity contribution in [2.24, 2.45) is 17.8 Å². The number of ether oxygens (including phenoxy) is 2. The van der Waals surface area contributed by atoms with Gasteiger partial charge < -0.3 is 29.9 Å². The molecule has 0 spiro atoms. The van der Waals surface area contributed by atoms with Gasteiger partial charge in [-0.05, 0) is 37.5 Å². The van der Waals surface area contributed by atoms with Crippen LogP contribution in [-0.2, 0) is 38.8 Å². The molecule has 0 radical (unpaired) electrons. The lowest BCUT2D eigenvalue weighted by Gasteiger charge is -2.39. The Hall–Kier alpha value is -3.07. The predicted molar refractivity (Wildman–Crippen MR) is 193 cm³/mol. The Kier molecular flexibility index (Phi) is 17.8. The largest absolute Gasteiger partial charge is 0.379 e. The van der Waals surface area contributed by atoms with Crippen molar-refractivity contribution in [3.63, 3.8) is 0 Å². The van der Waals surface area contributed by atoms with Gasteiger partial charge >= 0.3 is 0 Å². The highest BCUT2D eigenvalue weighted by molar-refractivity contribution is 7.85. The topological polar surface area (TPSA) is 172 Å². The van der Waals surface area contributed by atoms with Crippen molar-refractivity contribution in [1.82, 2.24) is 20.4 Å². The smallest absolute Gasteiger partial charge is 0.266 e. The molecule has 14 heteroatoms. The molecule has 2 rings (SSSR count). The quantitative estimate of drug-likeness (QED) is 0.160. The number of methoxy groups -OCH3 is 2. The Bertz CT molecular complexity index is 1350.